The molecule has 1 aromatic carbocycles. The van der Waals surface area contributed by atoms with Crippen LogP contribution in [-0.4, -0.2) is 56.4 Å². The molecule has 3 aliphatic heterocycles. The largest absolute Gasteiger partial charge is 0.486 e. The standard InChI is InChI=1S/C18H24N2O4/c21-18(11-14-12-22-7-5-19-14)20-6-1-2-15(20)13-3-4-16-17(10-13)24-9-8-23-16/h3-4,10,14-15,19H,1-2,5-9,11-12H2. The quantitative estimate of drug-likeness (QED) is 0.909. The fraction of sp³-hybridized carbons (Fsp3) is 0.611. The van der Waals surface area contributed by atoms with Crippen LogP contribution >= 0.6 is 0 Å². The van der Waals surface area contributed by atoms with E-state index in [1.165, 1.54) is 0 Å². The number of hydrogen-bond donors (Lipinski definition) is 1. The third-order valence-electron chi connectivity index (χ3n) is 4.94. The van der Waals surface area contributed by atoms with E-state index in [0.29, 0.717) is 26.2 Å². The van der Waals surface area contributed by atoms with Gasteiger partial charge >= 0.3 is 0 Å². The Bertz CT molecular complexity index is 601. The minimum absolute atomic E-state index is 0.132. The molecule has 3 heterocycles. The fourth-order valence-electron chi connectivity index (χ4n) is 3.76. The van der Waals surface area contributed by atoms with Crippen molar-refractivity contribution in [3.05, 3.63) is 23.8 Å². The topological polar surface area (TPSA) is 60.0 Å². The third-order valence-corrected chi connectivity index (χ3v) is 4.94. The molecule has 2 fully saturated rings. The van der Waals surface area contributed by atoms with E-state index in [9.17, 15) is 4.79 Å². The Morgan fingerprint density at radius 3 is 2.92 bits per heavy atom. The Morgan fingerprint density at radius 2 is 2.08 bits per heavy atom. The first-order valence-corrected chi connectivity index (χ1v) is 8.81. The van der Waals surface area contributed by atoms with Gasteiger partial charge in [-0.2, -0.15) is 0 Å². The lowest BCUT2D eigenvalue weighted by molar-refractivity contribution is -0.133. The van der Waals surface area contributed by atoms with E-state index in [1.807, 2.05) is 17.0 Å². The number of hydrogen-bond acceptors (Lipinski definition) is 5. The maximum absolute atomic E-state index is 12.8. The van der Waals surface area contributed by atoms with Crippen LogP contribution in [0.4, 0.5) is 0 Å². The number of fused-ring (bicyclic) bond motifs is 1. The second-order valence-electron chi connectivity index (χ2n) is 6.58. The summed E-state index contributed by atoms with van der Waals surface area (Å²) >= 11 is 0. The summed E-state index contributed by atoms with van der Waals surface area (Å²) in [5.74, 6) is 1.79. The number of nitrogens with one attached hydrogen (secondary N) is 1. The molecule has 0 spiro atoms. The molecule has 4 rings (SSSR count). The van der Waals surface area contributed by atoms with E-state index in [2.05, 4.69) is 11.4 Å². The average molecular weight is 332 g/mol. The molecule has 1 amide bonds. The Labute approximate surface area is 142 Å². The summed E-state index contributed by atoms with van der Waals surface area (Å²) in [6, 6.07) is 6.32. The number of benzene rings is 1. The highest BCUT2D eigenvalue weighted by Gasteiger charge is 2.32. The number of amides is 1. The fourth-order valence-corrected chi connectivity index (χ4v) is 3.76. The minimum Gasteiger partial charge on any atom is -0.486 e. The lowest BCUT2D eigenvalue weighted by atomic mass is 10.0. The molecule has 2 unspecified atom stereocenters. The van der Waals surface area contributed by atoms with Gasteiger partial charge in [0.1, 0.15) is 13.2 Å². The molecule has 0 radical (unpaired) electrons. The zero-order chi connectivity index (χ0) is 16.4. The second-order valence-corrected chi connectivity index (χ2v) is 6.58. The Balaban J connectivity index is 1.47. The van der Waals surface area contributed by atoms with Crippen molar-refractivity contribution in [3.8, 4) is 11.5 Å². The monoisotopic (exact) mass is 332 g/mol. The van der Waals surface area contributed by atoms with Crippen molar-refractivity contribution in [3.63, 3.8) is 0 Å². The Kier molecular flexibility index (Phi) is 4.58. The molecule has 0 bridgehead atoms. The Morgan fingerprint density at radius 1 is 1.21 bits per heavy atom. The number of carbonyl (C=O) groups excluding carboxylic acids is 1. The number of morpholine rings is 1. The molecule has 130 valence electrons. The van der Waals surface area contributed by atoms with Crippen LogP contribution in [0.5, 0.6) is 11.5 Å². The number of nitrogens with zero attached hydrogens (tertiary/aromatic N) is 1. The van der Waals surface area contributed by atoms with E-state index < -0.39 is 0 Å². The minimum atomic E-state index is 0.132. The van der Waals surface area contributed by atoms with Gasteiger partial charge < -0.3 is 24.4 Å². The normalized spacial score (nSPS) is 26.4. The zero-order valence-electron chi connectivity index (χ0n) is 13.8. The molecule has 1 aromatic rings. The van der Waals surface area contributed by atoms with Crippen LogP contribution in [-0.2, 0) is 9.53 Å². The highest BCUT2D eigenvalue weighted by Crippen LogP contribution is 2.38. The highest BCUT2D eigenvalue weighted by molar-refractivity contribution is 5.77. The molecular weight excluding hydrogens is 308 g/mol. The summed E-state index contributed by atoms with van der Waals surface area (Å²) in [5.41, 5.74) is 1.14. The molecule has 2 atom stereocenters. The molecular formula is C18H24N2O4. The maximum Gasteiger partial charge on any atom is 0.224 e. The van der Waals surface area contributed by atoms with E-state index in [-0.39, 0.29) is 18.0 Å². The van der Waals surface area contributed by atoms with Crippen molar-refractivity contribution in [2.75, 3.05) is 39.5 Å². The molecule has 0 aliphatic carbocycles. The highest BCUT2D eigenvalue weighted by atomic mass is 16.6. The van der Waals surface area contributed by atoms with Crippen molar-refractivity contribution in [1.82, 2.24) is 10.2 Å². The summed E-state index contributed by atoms with van der Waals surface area (Å²) in [5, 5.41) is 3.36. The van der Waals surface area contributed by atoms with Gasteiger partial charge in [-0.15, -0.1) is 0 Å². The molecule has 1 N–H and O–H groups in total. The van der Waals surface area contributed by atoms with Gasteiger partial charge in [0.2, 0.25) is 5.91 Å². The molecule has 6 nitrogen and oxygen atoms in total. The van der Waals surface area contributed by atoms with Crippen molar-refractivity contribution in [2.45, 2.75) is 31.3 Å². The smallest absolute Gasteiger partial charge is 0.224 e. The van der Waals surface area contributed by atoms with Crippen LogP contribution < -0.4 is 14.8 Å². The van der Waals surface area contributed by atoms with Gasteiger partial charge in [0.25, 0.3) is 0 Å². The number of likely N-dealkylation sites (tertiary alicyclic amines) is 1. The molecule has 24 heavy (non-hydrogen) atoms. The van der Waals surface area contributed by atoms with Gasteiger partial charge in [0.05, 0.1) is 19.3 Å². The van der Waals surface area contributed by atoms with E-state index in [4.69, 9.17) is 14.2 Å². The van der Waals surface area contributed by atoms with Crippen molar-refractivity contribution >= 4 is 5.91 Å². The van der Waals surface area contributed by atoms with Crippen molar-refractivity contribution in [2.24, 2.45) is 0 Å². The van der Waals surface area contributed by atoms with Gasteiger partial charge in [0, 0.05) is 25.6 Å². The summed E-state index contributed by atoms with van der Waals surface area (Å²) in [7, 11) is 0. The van der Waals surface area contributed by atoms with Crippen LogP contribution in [0.15, 0.2) is 18.2 Å². The van der Waals surface area contributed by atoms with Crippen LogP contribution in [0.2, 0.25) is 0 Å². The zero-order valence-corrected chi connectivity index (χ0v) is 13.8. The molecule has 0 saturated carbocycles. The third kappa shape index (κ3) is 3.21. The van der Waals surface area contributed by atoms with Gasteiger partial charge in [-0.25, -0.2) is 0 Å². The average Bonchev–Trinajstić information content (AvgIpc) is 3.12. The number of rotatable bonds is 3. The molecule has 2 saturated heterocycles. The van der Waals surface area contributed by atoms with Gasteiger partial charge in [-0.3, -0.25) is 4.79 Å². The predicted molar refractivity (Wildman–Crippen MR) is 88.3 cm³/mol. The first-order chi connectivity index (χ1) is 11.8. The van der Waals surface area contributed by atoms with Gasteiger partial charge in [0.15, 0.2) is 11.5 Å². The number of ether oxygens (including phenoxy) is 3. The second kappa shape index (κ2) is 6.99. The lowest BCUT2D eigenvalue weighted by Gasteiger charge is -2.29. The summed E-state index contributed by atoms with van der Waals surface area (Å²) in [6.45, 7) is 4.17. The van der Waals surface area contributed by atoms with Crippen LogP contribution in [0.25, 0.3) is 0 Å². The molecule has 6 heteroatoms. The summed E-state index contributed by atoms with van der Waals surface area (Å²) < 4.78 is 16.7. The van der Waals surface area contributed by atoms with Crippen LogP contribution in [0, 0.1) is 0 Å². The predicted octanol–water partition coefficient (Wildman–Crippen LogP) is 1.50. The molecule has 3 aliphatic rings. The van der Waals surface area contributed by atoms with Crippen molar-refractivity contribution in [1.29, 1.82) is 0 Å². The Hall–Kier alpha value is -1.79. The van der Waals surface area contributed by atoms with Crippen molar-refractivity contribution < 1.29 is 19.0 Å². The summed E-state index contributed by atoms with van der Waals surface area (Å²) in [6.07, 6.45) is 2.54. The van der Waals surface area contributed by atoms with Crippen LogP contribution in [0.1, 0.15) is 30.9 Å². The first-order valence-electron chi connectivity index (χ1n) is 8.81. The van der Waals surface area contributed by atoms with E-state index in [0.717, 1.165) is 49.6 Å². The SMILES string of the molecule is O=C(CC1COCCN1)N1CCCC1c1ccc2c(c1)OCCO2. The molecule has 0 aromatic heterocycles. The first kappa shape index (κ1) is 15.7. The van der Waals surface area contributed by atoms with E-state index in [1.54, 1.807) is 0 Å². The maximum atomic E-state index is 12.8. The number of carbonyl (C=O) groups is 1. The van der Waals surface area contributed by atoms with Crippen LogP contribution in [0.3, 0.4) is 0 Å². The van der Waals surface area contributed by atoms with Gasteiger partial charge in [-0.1, -0.05) is 6.07 Å². The summed E-state index contributed by atoms with van der Waals surface area (Å²) in [4.78, 5) is 14.8. The van der Waals surface area contributed by atoms with Gasteiger partial charge in [-0.05, 0) is 30.5 Å². The lowest BCUT2D eigenvalue weighted by Crippen LogP contribution is -2.45. The van der Waals surface area contributed by atoms with E-state index >= 15 is 0 Å².